The fourth-order valence-electron chi connectivity index (χ4n) is 1.54. The molecule has 0 atom stereocenters. The van der Waals surface area contributed by atoms with Gasteiger partial charge in [0, 0.05) is 6.54 Å². The first-order valence-corrected chi connectivity index (χ1v) is 6.22. The number of H-pyrrole nitrogens is 1. The van der Waals surface area contributed by atoms with Gasteiger partial charge in [-0.3, -0.25) is 4.79 Å². The maximum Gasteiger partial charge on any atom is 0.266 e. The normalized spacial score (nSPS) is 14.5. The summed E-state index contributed by atoms with van der Waals surface area (Å²) in [6.45, 7) is 1.40. The molecule has 0 aliphatic heterocycles. The minimum Gasteiger partial charge on any atom is -0.344 e. The van der Waals surface area contributed by atoms with Crippen LogP contribution in [0.4, 0.5) is 5.82 Å². The fraction of sp³-hybridized carbons (Fsp3) is 0.455. The van der Waals surface area contributed by atoms with Gasteiger partial charge in [-0.2, -0.15) is 0 Å². The Morgan fingerprint density at radius 1 is 1.69 bits per heavy atom. The summed E-state index contributed by atoms with van der Waals surface area (Å²) in [5.74, 6) is 4.03. The number of hydrogen-bond acceptors (Lipinski definition) is 3. The van der Waals surface area contributed by atoms with Gasteiger partial charge in [0.25, 0.3) is 5.56 Å². The molecule has 1 fully saturated rings. The summed E-state index contributed by atoms with van der Waals surface area (Å²) in [5.41, 5.74) is -0.108. The Labute approximate surface area is 108 Å². The molecule has 84 valence electrons. The Morgan fingerprint density at radius 3 is 3.06 bits per heavy atom. The van der Waals surface area contributed by atoms with Crippen molar-refractivity contribution in [3.8, 4) is 12.3 Å². The summed E-state index contributed by atoms with van der Waals surface area (Å²) in [4.78, 5) is 20.2. The number of nitrogens with one attached hydrogen (secondary N) is 1. The molecule has 1 aromatic rings. The van der Waals surface area contributed by atoms with E-state index in [1.54, 1.807) is 0 Å². The van der Waals surface area contributed by atoms with Crippen LogP contribution in [0, 0.1) is 21.8 Å². The molecule has 2 rings (SSSR count). The van der Waals surface area contributed by atoms with Gasteiger partial charge in [0.1, 0.15) is 9.39 Å². The van der Waals surface area contributed by atoms with E-state index in [2.05, 4.69) is 15.9 Å². The molecule has 1 saturated carbocycles. The first-order valence-electron chi connectivity index (χ1n) is 5.14. The van der Waals surface area contributed by atoms with Crippen molar-refractivity contribution in [2.24, 2.45) is 5.92 Å². The third kappa shape index (κ3) is 2.55. The van der Waals surface area contributed by atoms with Crippen molar-refractivity contribution in [2.45, 2.75) is 12.8 Å². The molecule has 0 spiro atoms. The van der Waals surface area contributed by atoms with Gasteiger partial charge in [0.15, 0.2) is 0 Å². The van der Waals surface area contributed by atoms with E-state index in [0.717, 1.165) is 6.54 Å². The SMILES string of the molecule is C#CCN(CC1CC1)c1nc[nH]c(=O)c1I. The van der Waals surface area contributed by atoms with Crippen LogP contribution in [-0.2, 0) is 0 Å². The lowest BCUT2D eigenvalue weighted by molar-refractivity contribution is 0.749. The molecule has 0 radical (unpaired) electrons. The molecule has 0 bridgehead atoms. The number of anilines is 1. The number of hydrogen-bond donors (Lipinski definition) is 1. The van der Waals surface area contributed by atoms with Gasteiger partial charge in [0.05, 0.1) is 12.9 Å². The van der Waals surface area contributed by atoms with Crippen molar-refractivity contribution in [1.29, 1.82) is 0 Å². The third-order valence-electron chi connectivity index (χ3n) is 2.54. The van der Waals surface area contributed by atoms with Crippen LogP contribution in [0.1, 0.15) is 12.8 Å². The Kier molecular flexibility index (Phi) is 3.49. The summed E-state index contributed by atoms with van der Waals surface area (Å²) in [6.07, 6.45) is 9.27. The van der Waals surface area contributed by atoms with Gasteiger partial charge in [0.2, 0.25) is 0 Å². The number of aromatic amines is 1. The zero-order chi connectivity index (χ0) is 11.5. The molecular weight excluding hydrogens is 317 g/mol. The van der Waals surface area contributed by atoms with Crippen molar-refractivity contribution in [3.63, 3.8) is 0 Å². The summed E-state index contributed by atoms with van der Waals surface area (Å²) in [5, 5.41) is 0. The average molecular weight is 329 g/mol. The molecule has 0 saturated heterocycles. The molecule has 1 heterocycles. The second-order valence-electron chi connectivity index (χ2n) is 3.90. The van der Waals surface area contributed by atoms with Crippen LogP contribution >= 0.6 is 22.6 Å². The minimum absolute atomic E-state index is 0.108. The van der Waals surface area contributed by atoms with E-state index in [4.69, 9.17) is 6.42 Å². The summed E-state index contributed by atoms with van der Waals surface area (Å²) < 4.78 is 0.607. The topological polar surface area (TPSA) is 49.0 Å². The van der Waals surface area contributed by atoms with Crippen LogP contribution < -0.4 is 10.5 Å². The highest BCUT2D eigenvalue weighted by atomic mass is 127. The van der Waals surface area contributed by atoms with Crippen LogP contribution in [0.5, 0.6) is 0 Å². The van der Waals surface area contributed by atoms with Gasteiger partial charge < -0.3 is 9.88 Å². The van der Waals surface area contributed by atoms with Crippen molar-refractivity contribution >= 4 is 28.4 Å². The monoisotopic (exact) mass is 329 g/mol. The smallest absolute Gasteiger partial charge is 0.266 e. The van der Waals surface area contributed by atoms with Gasteiger partial charge in [-0.25, -0.2) is 4.98 Å². The maximum absolute atomic E-state index is 11.5. The molecule has 16 heavy (non-hydrogen) atoms. The molecule has 4 nitrogen and oxygen atoms in total. The molecule has 0 amide bonds. The highest BCUT2D eigenvalue weighted by Crippen LogP contribution is 2.31. The average Bonchev–Trinajstić information content (AvgIpc) is 3.06. The predicted octanol–water partition coefficient (Wildman–Crippen LogP) is 1.22. The van der Waals surface area contributed by atoms with Gasteiger partial charge in [-0.1, -0.05) is 5.92 Å². The second kappa shape index (κ2) is 4.87. The standard InChI is InChI=1S/C11H12IN3O/c1-2-5-15(6-8-3-4-8)10-9(12)11(16)14-7-13-10/h1,7-8H,3-6H2,(H,13,14,16). The van der Waals surface area contributed by atoms with Crippen molar-refractivity contribution in [2.75, 3.05) is 18.0 Å². The third-order valence-corrected chi connectivity index (χ3v) is 3.51. The zero-order valence-corrected chi connectivity index (χ0v) is 10.9. The van der Waals surface area contributed by atoms with Crippen LogP contribution in [0.15, 0.2) is 11.1 Å². The predicted molar refractivity (Wildman–Crippen MR) is 71.3 cm³/mol. The molecule has 1 aliphatic rings. The number of terminal acetylenes is 1. The Hall–Kier alpha value is -1.03. The highest BCUT2D eigenvalue weighted by molar-refractivity contribution is 14.1. The molecule has 1 aromatic heterocycles. The minimum atomic E-state index is -0.108. The molecule has 1 aliphatic carbocycles. The van der Waals surface area contributed by atoms with Crippen LogP contribution in [0.25, 0.3) is 0 Å². The van der Waals surface area contributed by atoms with Crippen molar-refractivity contribution in [1.82, 2.24) is 9.97 Å². The summed E-state index contributed by atoms with van der Waals surface area (Å²) in [6, 6.07) is 0. The van der Waals surface area contributed by atoms with Gasteiger partial charge >= 0.3 is 0 Å². The Morgan fingerprint density at radius 2 is 2.44 bits per heavy atom. The first-order chi connectivity index (χ1) is 7.72. The molecule has 1 N–H and O–H groups in total. The Balaban J connectivity index is 2.26. The van der Waals surface area contributed by atoms with Crippen LogP contribution in [0.2, 0.25) is 0 Å². The number of rotatable bonds is 4. The van der Waals surface area contributed by atoms with E-state index >= 15 is 0 Å². The Bertz CT molecular complexity index is 473. The maximum atomic E-state index is 11.5. The lowest BCUT2D eigenvalue weighted by Crippen LogP contribution is -2.30. The van der Waals surface area contributed by atoms with E-state index in [0.29, 0.717) is 21.9 Å². The van der Waals surface area contributed by atoms with E-state index in [-0.39, 0.29) is 5.56 Å². The molecule has 0 unspecified atom stereocenters. The van der Waals surface area contributed by atoms with Crippen molar-refractivity contribution in [3.05, 3.63) is 20.3 Å². The summed E-state index contributed by atoms with van der Waals surface area (Å²) >= 11 is 2.01. The zero-order valence-electron chi connectivity index (χ0n) is 8.74. The van der Waals surface area contributed by atoms with Gasteiger partial charge in [-0.15, -0.1) is 6.42 Å². The second-order valence-corrected chi connectivity index (χ2v) is 4.98. The highest BCUT2D eigenvalue weighted by Gasteiger charge is 2.25. The fourth-order valence-corrected chi connectivity index (χ4v) is 2.18. The van der Waals surface area contributed by atoms with E-state index in [1.165, 1.54) is 19.2 Å². The molecule has 5 heteroatoms. The lowest BCUT2D eigenvalue weighted by atomic mass is 10.3. The quantitative estimate of drug-likeness (QED) is 0.668. The number of nitrogens with zero attached hydrogens (tertiary/aromatic N) is 2. The van der Waals surface area contributed by atoms with Crippen LogP contribution in [0.3, 0.4) is 0 Å². The lowest BCUT2D eigenvalue weighted by Gasteiger charge is -2.21. The molecular formula is C11H12IN3O. The van der Waals surface area contributed by atoms with E-state index in [9.17, 15) is 4.79 Å². The number of halogens is 1. The largest absolute Gasteiger partial charge is 0.344 e. The number of aromatic nitrogens is 2. The summed E-state index contributed by atoms with van der Waals surface area (Å²) in [7, 11) is 0. The van der Waals surface area contributed by atoms with E-state index in [1.807, 2.05) is 27.5 Å². The van der Waals surface area contributed by atoms with Crippen molar-refractivity contribution < 1.29 is 0 Å². The van der Waals surface area contributed by atoms with Gasteiger partial charge in [-0.05, 0) is 41.4 Å². The van der Waals surface area contributed by atoms with Crippen LogP contribution in [-0.4, -0.2) is 23.1 Å². The van der Waals surface area contributed by atoms with E-state index < -0.39 is 0 Å². The first kappa shape index (κ1) is 11.5. The molecule has 0 aromatic carbocycles.